The standard InChI is InChI=1S/C25H28FN5O2/c1-17-5-2-6-18(23(17)26)14-29-15-19-13-20(16-29)24(31-21(19)7-3-8-22(31)32)25(33)27-10-12-30-11-4-9-28-30/h2-9,11,19-20,24H,10,12-16H2,1H3,(H,27,33)/t19-,20+,24-/m1/s1. The molecule has 33 heavy (non-hydrogen) atoms. The minimum Gasteiger partial charge on any atom is -0.352 e. The van der Waals surface area contributed by atoms with Crippen LogP contribution in [0, 0.1) is 18.7 Å². The Morgan fingerprint density at radius 1 is 1.18 bits per heavy atom. The van der Waals surface area contributed by atoms with Crippen molar-refractivity contribution < 1.29 is 9.18 Å². The molecular weight excluding hydrogens is 421 g/mol. The molecule has 2 bridgehead atoms. The van der Waals surface area contributed by atoms with Gasteiger partial charge in [-0.15, -0.1) is 0 Å². The maximum absolute atomic E-state index is 14.7. The molecule has 3 atom stereocenters. The van der Waals surface area contributed by atoms with E-state index in [9.17, 15) is 14.0 Å². The summed E-state index contributed by atoms with van der Waals surface area (Å²) in [6.45, 7) is 4.64. The van der Waals surface area contributed by atoms with Crippen LogP contribution in [0.1, 0.15) is 35.2 Å². The molecule has 172 valence electrons. The lowest BCUT2D eigenvalue weighted by molar-refractivity contribution is -0.127. The molecule has 2 aromatic heterocycles. The Bertz CT molecular complexity index is 1210. The molecule has 2 aliphatic heterocycles. The summed E-state index contributed by atoms with van der Waals surface area (Å²) < 4.78 is 18.1. The highest BCUT2D eigenvalue weighted by Crippen LogP contribution is 2.41. The molecule has 7 nitrogen and oxygen atoms in total. The van der Waals surface area contributed by atoms with Crippen LogP contribution in [0.25, 0.3) is 0 Å². The van der Waals surface area contributed by atoms with E-state index in [1.54, 1.807) is 34.5 Å². The average Bonchev–Trinajstić information content (AvgIpc) is 3.31. The number of pyridine rings is 1. The SMILES string of the molecule is Cc1cccc(CN2C[C@H]3C[C@@H](C2)[C@H](C(=O)NCCn2cccn2)n2c3cccc2=O)c1F. The molecule has 1 saturated heterocycles. The van der Waals surface area contributed by atoms with Gasteiger partial charge in [0.2, 0.25) is 5.91 Å². The zero-order valence-corrected chi connectivity index (χ0v) is 18.7. The Hall–Kier alpha value is -3.26. The lowest BCUT2D eigenvalue weighted by atomic mass is 9.78. The number of rotatable bonds is 6. The molecule has 0 spiro atoms. The minimum atomic E-state index is -0.576. The molecule has 0 aliphatic carbocycles. The first-order valence-electron chi connectivity index (χ1n) is 11.4. The molecule has 0 unspecified atom stereocenters. The zero-order chi connectivity index (χ0) is 22.9. The van der Waals surface area contributed by atoms with Crippen LogP contribution in [0.5, 0.6) is 0 Å². The van der Waals surface area contributed by atoms with Gasteiger partial charge in [-0.05, 0) is 31.0 Å². The molecule has 3 aromatic rings. The van der Waals surface area contributed by atoms with Gasteiger partial charge in [0.15, 0.2) is 0 Å². The van der Waals surface area contributed by atoms with Crippen LogP contribution in [-0.2, 0) is 17.9 Å². The average molecular weight is 450 g/mol. The van der Waals surface area contributed by atoms with E-state index >= 15 is 0 Å². The minimum absolute atomic E-state index is 0.0195. The van der Waals surface area contributed by atoms with Crippen LogP contribution in [0.4, 0.5) is 4.39 Å². The number of fused-ring (bicyclic) bond motifs is 4. The number of aryl methyl sites for hydroxylation is 1. The van der Waals surface area contributed by atoms with Gasteiger partial charge in [0.25, 0.3) is 5.56 Å². The fraction of sp³-hybridized carbons (Fsp3) is 0.400. The third-order valence-electron chi connectivity index (χ3n) is 6.86. The van der Waals surface area contributed by atoms with Crippen molar-refractivity contribution in [3.05, 3.63) is 87.9 Å². The molecule has 0 radical (unpaired) electrons. The number of nitrogens with zero attached hydrogens (tertiary/aromatic N) is 4. The van der Waals surface area contributed by atoms with Crippen LogP contribution < -0.4 is 10.9 Å². The van der Waals surface area contributed by atoms with Gasteiger partial charge >= 0.3 is 0 Å². The number of hydrogen-bond donors (Lipinski definition) is 1. The first-order valence-corrected chi connectivity index (χ1v) is 11.4. The first-order chi connectivity index (χ1) is 16.0. The van der Waals surface area contributed by atoms with Crippen LogP contribution in [0.2, 0.25) is 0 Å². The molecule has 8 heteroatoms. The number of halogens is 1. The summed E-state index contributed by atoms with van der Waals surface area (Å²) in [6.07, 6.45) is 4.39. The predicted octanol–water partition coefficient (Wildman–Crippen LogP) is 2.47. The van der Waals surface area contributed by atoms with E-state index in [1.807, 2.05) is 30.5 Å². The van der Waals surface area contributed by atoms with Gasteiger partial charge in [-0.2, -0.15) is 5.10 Å². The third kappa shape index (κ3) is 4.23. The van der Waals surface area contributed by atoms with E-state index in [0.717, 1.165) is 18.7 Å². The van der Waals surface area contributed by atoms with Gasteiger partial charge in [-0.25, -0.2) is 4.39 Å². The van der Waals surface area contributed by atoms with Crippen molar-refractivity contribution in [1.29, 1.82) is 0 Å². The van der Waals surface area contributed by atoms with E-state index in [0.29, 0.717) is 37.3 Å². The second-order valence-electron chi connectivity index (χ2n) is 9.10. The van der Waals surface area contributed by atoms with Crippen LogP contribution in [0.15, 0.2) is 59.7 Å². The summed E-state index contributed by atoms with van der Waals surface area (Å²) in [5.41, 5.74) is 2.05. The van der Waals surface area contributed by atoms with E-state index in [1.165, 1.54) is 6.07 Å². The fourth-order valence-electron chi connectivity index (χ4n) is 5.40. The van der Waals surface area contributed by atoms with E-state index in [-0.39, 0.29) is 29.1 Å². The maximum Gasteiger partial charge on any atom is 0.251 e. The first kappa shape index (κ1) is 21.6. The number of piperidine rings is 1. The zero-order valence-electron chi connectivity index (χ0n) is 18.7. The van der Waals surface area contributed by atoms with Gasteiger partial charge in [-0.1, -0.05) is 24.3 Å². The fourth-order valence-corrected chi connectivity index (χ4v) is 5.40. The van der Waals surface area contributed by atoms with Gasteiger partial charge in [0, 0.05) is 67.7 Å². The third-order valence-corrected chi connectivity index (χ3v) is 6.86. The number of hydrogen-bond acceptors (Lipinski definition) is 4. The molecule has 0 saturated carbocycles. The molecule has 1 aromatic carbocycles. The number of amides is 1. The number of nitrogens with one attached hydrogen (secondary N) is 1. The summed E-state index contributed by atoms with van der Waals surface area (Å²) >= 11 is 0. The molecule has 2 aliphatic rings. The van der Waals surface area contributed by atoms with Crippen molar-refractivity contribution in [2.24, 2.45) is 5.92 Å². The molecule has 1 amide bonds. The van der Waals surface area contributed by atoms with Gasteiger partial charge in [0.1, 0.15) is 11.9 Å². The van der Waals surface area contributed by atoms with Crippen molar-refractivity contribution in [3.63, 3.8) is 0 Å². The smallest absolute Gasteiger partial charge is 0.251 e. The topological polar surface area (TPSA) is 72.2 Å². The summed E-state index contributed by atoms with van der Waals surface area (Å²) in [4.78, 5) is 28.4. The Morgan fingerprint density at radius 2 is 2.03 bits per heavy atom. The number of carbonyl (C=O) groups excluding carboxylic acids is 1. The van der Waals surface area contributed by atoms with Crippen LogP contribution in [0.3, 0.4) is 0 Å². The summed E-state index contributed by atoms with van der Waals surface area (Å²) in [5, 5.41) is 7.17. The quantitative estimate of drug-likeness (QED) is 0.628. The lowest BCUT2D eigenvalue weighted by Gasteiger charge is -2.46. The number of carbonyl (C=O) groups is 1. The number of aromatic nitrogens is 3. The Labute approximate surface area is 191 Å². The monoisotopic (exact) mass is 449 g/mol. The summed E-state index contributed by atoms with van der Waals surface area (Å²) in [7, 11) is 0. The Morgan fingerprint density at radius 3 is 2.85 bits per heavy atom. The molecular formula is C25H28FN5O2. The highest BCUT2D eigenvalue weighted by Gasteiger charge is 2.43. The van der Waals surface area contributed by atoms with Gasteiger partial charge < -0.3 is 5.32 Å². The number of benzene rings is 1. The van der Waals surface area contributed by atoms with E-state index in [2.05, 4.69) is 15.3 Å². The second kappa shape index (κ2) is 8.94. The number of likely N-dealkylation sites (tertiary alicyclic amines) is 1. The maximum atomic E-state index is 14.7. The second-order valence-corrected chi connectivity index (χ2v) is 9.10. The van der Waals surface area contributed by atoms with Crippen molar-refractivity contribution in [3.8, 4) is 0 Å². The predicted molar refractivity (Wildman–Crippen MR) is 122 cm³/mol. The summed E-state index contributed by atoms with van der Waals surface area (Å²) in [6, 6.07) is 12.0. The van der Waals surface area contributed by atoms with Crippen LogP contribution >= 0.6 is 0 Å². The lowest BCUT2D eigenvalue weighted by Crippen LogP contribution is -2.53. The molecule has 1 fully saturated rings. The molecule has 5 rings (SSSR count). The van der Waals surface area contributed by atoms with Gasteiger partial charge in [0.05, 0.1) is 6.54 Å². The van der Waals surface area contributed by atoms with Crippen molar-refractivity contribution in [2.45, 2.75) is 38.4 Å². The molecule has 4 heterocycles. The summed E-state index contributed by atoms with van der Waals surface area (Å²) in [5.74, 6) is -0.200. The van der Waals surface area contributed by atoms with E-state index in [4.69, 9.17) is 0 Å². The van der Waals surface area contributed by atoms with E-state index < -0.39 is 6.04 Å². The normalized spacial score (nSPS) is 22.1. The van der Waals surface area contributed by atoms with Crippen molar-refractivity contribution in [2.75, 3.05) is 19.6 Å². The van der Waals surface area contributed by atoms with Crippen molar-refractivity contribution in [1.82, 2.24) is 24.6 Å². The highest BCUT2D eigenvalue weighted by atomic mass is 19.1. The van der Waals surface area contributed by atoms with Crippen LogP contribution in [-0.4, -0.2) is 44.8 Å². The highest BCUT2D eigenvalue weighted by molar-refractivity contribution is 5.81. The van der Waals surface area contributed by atoms with Gasteiger partial charge in [-0.3, -0.25) is 23.7 Å². The van der Waals surface area contributed by atoms with Crippen molar-refractivity contribution >= 4 is 5.91 Å². The Kier molecular flexibility index (Phi) is 5.85. The molecule has 1 N–H and O–H groups in total. The largest absolute Gasteiger partial charge is 0.352 e. The Balaban J connectivity index is 1.39.